The Morgan fingerprint density at radius 3 is 2.30 bits per heavy atom. The molecule has 6 heteroatoms. The van der Waals surface area contributed by atoms with Gasteiger partial charge in [0.05, 0.1) is 11.8 Å². The molecule has 0 aromatic heterocycles. The second-order valence-electron chi connectivity index (χ2n) is 7.28. The van der Waals surface area contributed by atoms with Crippen molar-refractivity contribution < 1.29 is 29.3 Å². The number of hydrogen-bond donors (Lipinski definition) is 2. The van der Waals surface area contributed by atoms with Gasteiger partial charge in [0.1, 0.15) is 11.5 Å². The summed E-state index contributed by atoms with van der Waals surface area (Å²) in [5.41, 5.74) is -0.855. The Labute approximate surface area is 158 Å². The Kier molecular flexibility index (Phi) is 6.77. The van der Waals surface area contributed by atoms with E-state index in [0.717, 1.165) is 12.8 Å². The van der Waals surface area contributed by atoms with Gasteiger partial charge in [0.15, 0.2) is 0 Å². The summed E-state index contributed by atoms with van der Waals surface area (Å²) < 4.78 is 5.70. The van der Waals surface area contributed by atoms with Crippen LogP contribution in [0.15, 0.2) is 43.0 Å². The highest BCUT2D eigenvalue weighted by molar-refractivity contribution is 5.82. The summed E-state index contributed by atoms with van der Waals surface area (Å²) in [5, 5.41) is 19.3. The number of carboxylic acid groups (broad SMARTS) is 2. The molecular weight excluding hydrogens is 348 g/mol. The Bertz CT molecular complexity index is 698. The number of carbonyl (C=O) groups is 3. The van der Waals surface area contributed by atoms with Gasteiger partial charge in [-0.05, 0) is 31.7 Å². The van der Waals surface area contributed by atoms with Crippen LogP contribution in [0.5, 0.6) is 0 Å². The van der Waals surface area contributed by atoms with Crippen LogP contribution >= 0.6 is 0 Å². The van der Waals surface area contributed by atoms with Crippen LogP contribution in [0.25, 0.3) is 0 Å². The van der Waals surface area contributed by atoms with Gasteiger partial charge in [0, 0.05) is 0 Å². The predicted octanol–water partition coefficient (Wildman–Crippen LogP) is 3.83. The van der Waals surface area contributed by atoms with Crippen LogP contribution in [0.3, 0.4) is 0 Å². The molecule has 1 aromatic rings. The molecule has 4 unspecified atom stereocenters. The Morgan fingerprint density at radius 1 is 1.19 bits per heavy atom. The molecule has 6 nitrogen and oxygen atoms in total. The fraction of sp³-hybridized carbons (Fsp3) is 0.476. The summed E-state index contributed by atoms with van der Waals surface area (Å²) >= 11 is 0. The second kappa shape index (κ2) is 8.84. The third-order valence-corrected chi connectivity index (χ3v) is 5.36. The third kappa shape index (κ3) is 4.56. The first-order valence-corrected chi connectivity index (χ1v) is 9.13. The van der Waals surface area contributed by atoms with Gasteiger partial charge < -0.3 is 14.9 Å². The van der Waals surface area contributed by atoms with Gasteiger partial charge in [-0.25, -0.2) is 0 Å². The minimum Gasteiger partial charge on any atom is -0.481 e. The van der Waals surface area contributed by atoms with Crippen molar-refractivity contribution in [3.8, 4) is 0 Å². The summed E-state index contributed by atoms with van der Waals surface area (Å²) in [6.45, 7) is 5.14. The van der Waals surface area contributed by atoms with Gasteiger partial charge in [-0.2, -0.15) is 0 Å². The lowest BCUT2D eigenvalue weighted by Crippen LogP contribution is -2.40. The maximum absolute atomic E-state index is 12.9. The Balaban J connectivity index is 2.36. The van der Waals surface area contributed by atoms with E-state index in [-0.39, 0.29) is 6.42 Å². The average Bonchev–Trinajstić information content (AvgIpc) is 2.66. The first-order valence-electron chi connectivity index (χ1n) is 9.13. The molecule has 2 rings (SSSR count). The lowest BCUT2D eigenvalue weighted by atomic mass is 9.76. The van der Waals surface area contributed by atoms with E-state index >= 15 is 0 Å². The second-order valence-corrected chi connectivity index (χ2v) is 7.28. The Morgan fingerprint density at radius 2 is 1.78 bits per heavy atom. The molecule has 146 valence electrons. The smallest absolute Gasteiger partial charge is 0.313 e. The average molecular weight is 374 g/mol. The quantitative estimate of drug-likeness (QED) is 0.530. The number of esters is 1. The molecule has 1 aliphatic carbocycles. The molecule has 0 spiro atoms. The van der Waals surface area contributed by atoms with Crippen molar-refractivity contribution in [3.05, 3.63) is 48.6 Å². The molecule has 0 heterocycles. The van der Waals surface area contributed by atoms with E-state index in [1.807, 2.05) is 0 Å². The standard InChI is InChI=1S/C21H26O6/c1-3-13-21(2,20(25)26)17(14-9-5-4-6-10-14)27-19(24)16-12-8-7-11-15(16)18(22)23/h3-6,9-10,15-17H,1,7-8,11-13H2,2H3,(H,22,23)(H,25,26). The van der Waals surface area contributed by atoms with Crippen molar-refractivity contribution in [2.45, 2.75) is 45.1 Å². The molecule has 0 saturated heterocycles. The lowest BCUT2D eigenvalue weighted by Gasteiger charge is -2.35. The van der Waals surface area contributed by atoms with Crippen molar-refractivity contribution in [1.29, 1.82) is 0 Å². The lowest BCUT2D eigenvalue weighted by molar-refractivity contribution is -0.176. The largest absolute Gasteiger partial charge is 0.481 e. The number of allylic oxidation sites excluding steroid dienone is 1. The molecule has 4 atom stereocenters. The maximum atomic E-state index is 12.9. The summed E-state index contributed by atoms with van der Waals surface area (Å²) in [5.74, 6) is -4.32. The van der Waals surface area contributed by atoms with Crippen LogP contribution in [-0.2, 0) is 19.1 Å². The first kappa shape index (κ1) is 20.7. The number of aliphatic carboxylic acids is 2. The molecule has 0 aliphatic heterocycles. The zero-order valence-electron chi connectivity index (χ0n) is 15.5. The van der Waals surface area contributed by atoms with E-state index in [2.05, 4.69) is 6.58 Å². The van der Waals surface area contributed by atoms with Crippen LogP contribution in [0, 0.1) is 17.3 Å². The van der Waals surface area contributed by atoms with Gasteiger partial charge >= 0.3 is 17.9 Å². The molecule has 0 radical (unpaired) electrons. The van der Waals surface area contributed by atoms with Crippen LogP contribution < -0.4 is 0 Å². The van der Waals surface area contributed by atoms with Crippen LogP contribution in [0.1, 0.15) is 50.7 Å². The molecule has 2 N–H and O–H groups in total. The van der Waals surface area contributed by atoms with Crippen molar-refractivity contribution in [2.24, 2.45) is 17.3 Å². The minimum atomic E-state index is -1.41. The molecular formula is C21H26O6. The number of ether oxygens (including phenoxy) is 1. The predicted molar refractivity (Wildman–Crippen MR) is 98.9 cm³/mol. The molecule has 27 heavy (non-hydrogen) atoms. The molecule has 1 aliphatic rings. The fourth-order valence-electron chi connectivity index (χ4n) is 3.71. The van der Waals surface area contributed by atoms with E-state index in [9.17, 15) is 24.6 Å². The van der Waals surface area contributed by atoms with Crippen LogP contribution in [0.4, 0.5) is 0 Å². The molecule has 0 bridgehead atoms. The van der Waals surface area contributed by atoms with Crippen molar-refractivity contribution in [2.75, 3.05) is 0 Å². The highest BCUT2D eigenvalue weighted by Crippen LogP contribution is 2.42. The monoisotopic (exact) mass is 374 g/mol. The maximum Gasteiger partial charge on any atom is 0.313 e. The van der Waals surface area contributed by atoms with Crippen LogP contribution in [-0.4, -0.2) is 28.1 Å². The van der Waals surface area contributed by atoms with E-state index in [1.165, 1.54) is 13.0 Å². The van der Waals surface area contributed by atoms with E-state index in [1.54, 1.807) is 30.3 Å². The first-order chi connectivity index (χ1) is 12.8. The SMILES string of the molecule is C=CCC(C)(C(=O)O)C(OC(=O)C1CCCCC1C(=O)O)c1ccccc1. The van der Waals surface area contributed by atoms with Gasteiger partial charge in [-0.1, -0.05) is 49.2 Å². The molecule has 1 fully saturated rings. The summed E-state index contributed by atoms with van der Waals surface area (Å²) in [6, 6.07) is 8.69. The van der Waals surface area contributed by atoms with Gasteiger partial charge in [-0.15, -0.1) is 6.58 Å². The number of hydrogen-bond acceptors (Lipinski definition) is 4. The van der Waals surface area contributed by atoms with E-state index in [4.69, 9.17) is 4.74 Å². The molecule has 1 aromatic carbocycles. The minimum absolute atomic E-state index is 0.0994. The number of carboxylic acids is 2. The normalized spacial score (nSPS) is 22.9. The van der Waals surface area contributed by atoms with Gasteiger partial charge in [0.25, 0.3) is 0 Å². The molecule has 1 saturated carbocycles. The topological polar surface area (TPSA) is 101 Å². The third-order valence-electron chi connectivity index (χ3n) is 5.36. The number of carbonyl (C=O) groups excluding carboxylic acids is 1. The number of rotatable bonds is 8. The van der Waals surface area contributed by atoms with E-state index in [0.29, 0.717) is 18.4 Å². The Hall–Kier alpha value is -2.63. The van der Waals surface area contributed by atoms with Crippen molar-refractivity contribution in [3.63, 3.8) is 0 Å². The summed E-state index contributed by atoms with van der Waals surface area (Å²) in [6.07, 6.45) is 2.91. The summed E-state index contributed by atoms with van der Waals surface area (Å²) in [4.78, 5) is 36.4. The van der Waals surface area contributed by atoms with Gasteiger partial charge in [-0.3, -0.25) is 14.4 Å². The van der Waals surface area contributed by atoms with E-state index < -0.39 is 41.3 Å². The van der Waals surface area contributed by atoms with Crippen LogP contribution in [0.2, 0.25) is 0 Å². The van der Waals surface area contributed by atoms with Crippen molar-refractivity contribution in [1.82, 2.24) is 0 Å². The summed E-state index contributed by atoms with van der Waals surface area (Å²) in [7, 11) is 0. The molecule has 0 amide bonds. The zero-order valence-corrected chi connectivity index (χ0v) is 15.5. The zero-order chi connectivity index (χ0) is 20.0. The van der Waals surface area contributed by atoms with Crippen molar-refractivity contribution >= 4 is 17.9 Å². The fourth-order valence-corrected chi connectivity index (χ4v) is 3.71. The van der Waals surface area contributed by atoms with Gasteiger partial charge in [0.2, 0.25) is 0 Å². The highest BCUT2D eigenvalue weighted by Gasteiger charge is 2.46. The highest BCUT2D eigenvalue weighted by atomic mass is 16.5. The number of benzene rings is 1.